The first kappa shape index (κ1) is 15.5. The Hall–Kier alpha value is -1.60. The summed E-state index contributed by atoms with van der Waals surface area (Å²) in [5.74, 6) is 0. The van der Waals surface area contributed by atoms with Gasteiger partial charge in [0.2, 0.25) is 0 Å². The summed E-state index contributed by atoms with van der Waals surface area (Å²) in [6.45, 7) is 0.230. The molecule has 106 valence electrons. The minimum Gasteiger partial charge on any atom is -0.445 e. The van der Waals surface area contributed by atoms with Gasteiger partial charge in [0.1, 0.15) is 6.61 Å². The Kier molecular flexibility index (Phi) is 5.78. The largest absolute Gasteiger partial charge is 0.445 e. The molecule has 7 heteroatoms. The van der Waals surface area contributed by atoms with Crippen molar-refractivity contribution in [3.63, 3.8) is 0 Å². The molecule has 0 saturated heterocycles. The minimum atomic E-state index is -3.48. The quantitative estimate of drug-likeness (QED) is 0.736. The molecule has 1 aromatic rings. The summed E-state index contributed by atoms with van der Waals surface area (Å²) in [5.41, 5.74) is 0.886. The molecule has 0 aliphatic carbocycles. The van der Waals surface area contributed by atoms with Crippen LogP contribution in [-0.4, -0.2) is 45.9 Å². The zero-order valence-corrected chi connectivity index (χ0v) is 11.7. The predicted octanol–water partition coefficient (Wildman–Crippen LogP) is 1.23. The zero-order valence-electron chi connectivity index (χ0n) is 10.9. The molecule has 0 aliphatic rings. The lowest BCUT2D eigenvalue weighted by Crippen LogP contribution is -2.31. The highest BCUT2D eigenvalue weighted by Crippen LogP contribution is 2.02. The van der Waals surface area contributed by atoms with Crippen LogP contribution in [0.25, 0.3) is 0 Å². The van der Waals surface area contributed by atoms with E-state index in [4.69, 9.17) is 4.74 Å². The van der Waals surface area contributed by atoms with Gasteiger partial charge in [-0.1, -0.05) is 30.3 Å². The molecule has 0 N–H and O–H groups in total. The molecular formula is C12H17NO5S. The molecule has 0 saturated carbocycles. The minimum absolute atomic E-state index is 0.0875. The molecule has 19 heavy (non-hydrogen) atoms. The van der Waals surface area contributed by atoms with Crippen molar-refractivity contribution < 1.29 is 22.1 Å². The summed E-state index contributed by atoms with van der Waals surface area (Å²) in [7, 11) is -1.97. The number of ether oxygens (including phenoxy) is 1. The van der Waals surface area contributed by atoms with Crippen molar-refractivity contribution >= 4 is 16.2 Å². The summed E-state index contributed by atoms with van der Waals surface area (Å²) < 4.78 is 31.1. The Labute approximate surface area is 113 Å². The van der Waals surface area contributed by atoms with Crippen LogP contribution >= 0.6 is 0 Å². The van der Waals surface area contributed by atoms with Gasteiger partial charge < -0.3 is 9.64 Å². The van der Waals surface area contributed by atoms with E-state index in [1.165, 1.54) is 11.9 Å². The fourth-order valence-electron chi connectivity index (χ4n) is 1.25. The third-order valence-corrected chi connectivity index (χ3v) is 2.84. The van der Waals surface area contributed by atoms with Gasteiger partial charge in [0.05, 0.1) is 12.9 Å². The SMILES string of the molecule is CN(CCOS(C)(=O)=O)C(=O)OCc1ccccc1. The van der Waals surface area contributed by atoms with Gasteiger partial charge in [-0.25, -0.2) is 4.79 Å². The van der Waals surface area contributed by atoms with E-state index in [1.807, 2.05) is 30.3 Å². The molecule has 6 nitrogen and oxygen atoms in total. The van der Waals surface area contributed by atoms with Crippen LogP contribution in [0, 0.1) is 0 Å². The van der Waals surface area contributed by atoms with Crippen molar-refractivity contribution in [2.45, 2.75) is 6.61 Å². The van der Waals surface area contributed by atoms with Gasteiger partial charge in [0, 0.05) is 13.6 Å². The Morgan fingerprint density at radius 3 is 2.47 bits per heavy atom. The number of likely N-dealkylation sites (N-methyl/N-ethyl adjacent to an activating group) is 1. The highest BCUT2D eigenvalue weighted by atomic mass is 32.2. The molecule has 1 amide bonds. The van der Waals surface area contributed by atoms with E-state index in [2.05, 4.69) is 4.18 Å². The first-order chi connectivity index (χ1) is 8.88. The monoisotopic (exact) mass is 287 g/mol. The first-order valence-electron chi connectivity index (χ1n) is 5.65. The maximum atomic E-state index is 11.6. The van der Waals surface area contributed by atoms with E-state index in [-0.39, 0.29) is 19.8 Å². The van der Waals surface area contributed by atoms with Crippen molar-refractivity contribution in [2.24, 2.45) is 0 Å². The zero-order chi connectivity index (χ0) is 14.3. The van der Waals surface area contributed by atoms with E-state index in [0.29, 0.717) is 0 Å². The number of carbonyl (C=O) groups is 1. The molecule has 0 spiro atoms. The van der Waals surface area contributed by atoms with Crippen LogP contribution in [0.1, 0.15) is 5.56 Å². The normalized spacial score (nSPS) is 11.1. The molecule has 0 unspecified atom stereocenters. The van der Waals surface area contributed by atoms with Gasteiger partial charge in [-0.05, 0) is 5.56 Å². The second kappa shape index (κ2) is 7.10. The average molecular weight is 287 g/mol. The number of carbonyl (C=O) groups excluding carboxylic acids is 1. The molecule has 0 fully saturated rings. The molecular weight excluding hydrogens is 270 g/mol. The van der Waals surface area contributed by atoms with Crippen molar-refractivity contribution in [3.05, 3.63) is 35.9 Å². The van der Waals surface area contributed by atoms with Crippen molar-refractivity contribution in [3.8, 4) is 0 Å². The Balaban J connectivity index is 2.29. The van der Waals surface area contributed by atoms with Gasteiger partial charge >= 0.3 is 6.09 Å². The van der Waals surface area contributed by atoms with Crippen LogP contribution in [0.15, 0.2) is 30.3 Å². The van der Waals surface area contributed by atoms with Gasteiger partial charge in [-0.2, -0.15) is 8.42 Å². The van der Waals surface area contributed by atoms with Crippen LogP contribution in [-0.2, 0) is 25.6 Å². The summed E-state index contributed by atoms with van der Waals surface area (Å²) >= 11 is 0. The van der Waals surface area contributed by atoms with Gasteiger partial charge in [0.15, 0.2) is 0 Å². The molecule has 0 aromatic heterocycles. The van der Waals surface area contributed by atoms with Crippen molar-refractivity contribution in [2.75, 3.05) is 26.5 Å². The molecule has 0 aliphatic heterocycles. The van der Waals surface area contributed by atoms with Crippen LogP contribution < -0.4 is 0 Å². The number of amides is 1. The molecule has 0 heterocycles. The summed E-state index contributed by atoms with van der Waals surface area (Å²) in [6.07, 6.45) is 0.432. The number of nitrogens with zero attached hydrogens (tertiary/aromatic N) is 1. The Morgan fingerprint density at radius 2 is 1.89 bits per heavy atom. The van der Waals surface area contributed by atoms with Crippen molar-refractivity contribution in [1.82, 2.24) is 4.90 Å². The standard InChI is InChI=1S/C12H17NO5S/c1-13(8-9-18-19(2,15)16)12(14)17-10-11-6-4-3-5-7-11/h3-7H,8-10H2,1-2H3. The van der Waals surface area contributed by atoms with Crippen LogP contribution in [0.2, 0.25) is 0 Å². The fraction of sp³-hybridized carbons (Fsp3) is 0.417. The Morgan fingerprint density at radius 1 is 1.26 bits per heavy atom. The predicted molar refractivity (Wildman–Crippen MR) is 70.1 cm³/mol. The van der Waals surface area contributed by atoms with Gasteiger partial charge in [-0.3, -0.25) is 4.18 Å². The lowest BCUT2D eigenvalue weighted by molar-refractivity contribution is 0.0998. The number of rotatable bonds is 6. The van der Waals surface area contributed by atoms with E-state index in [9.17, 15) is 13.2 Å². The van der Waals surface area contributed by atoms with Crippen LogP contribution in [0.4, 0.5) is 4.79 Å². The topological polar surface area (TPSA) is 72.9 Å². The maximum absolute atomic E-state index is 11.6. The lowest BCUT2D eigenvalue weighted by atomic mass is 10.2. The number of hydrogen-bond acceptors (Lipinski definition) is 5. The third-order valence-electron chi connectivity index (χ3n) is 2.24. The lowest BCUT2D eigenvalue weighted by Gasteiger charge is -2.16. The third kappa shape index (κ3) is 6.78. The fourth-order valence-corrected chi connectivity index (χ4v) is 1.62. The average Bonchev–Trinajstić information content (AvgIpc) is 2.35. The highest BCUT2D eigenvalue weighted by molar-refractivity contribution is 7.85. The second-order valence-electron chi connectivity index (χ2n) is 3.99. The van der Waals surface area contributed by atoms with Crippen molar-refractivity contribution in [1.29, 1.82) is 0 Å². The number of benzene rings is 1. The van der Waals surface area contributed by atoms with E-state index >= 15 is 0 Å². The van der Waals surface area contributed by atoms with E-state index < -0.39 is 16.2 Å². The highest BCUT2D eigenvalue weighted by Gasteiger charge is 2.11. The first-order valence-corrected chi connectivity index (χ1v) is 7.46. The number of hydrogen-bond donors (Lipinski definition) is 0. The maximum Gasteiger partial charge on any atom is 0.409 e. The van der Waals surface area contributed by atoms with E-state index in [0.717, 1.165) is 11.8 Å². The molecule has 1 rings (SSSR count). The van der Waals surface area contributed by atoms with Gasteiger partial charge in [-0.15, -0.1) is 0 Å². The second-order valence-corrected chi connectivity index (χ2v) is 5.63. The molecule has 0 atom stereocenters. The van der Waals surface area contributed by atoms with E-state index in [1.54, 1.807) is 0 Å². The molecule has 0 bridgehead atoms. The smallest absolute Gasteiger partial charge is 0.409 e. The van der Waals surface area contributed by atoms with Crippen LogP contribution in [0.3, 0.4) is 0 Å². The summed E-state index contributed by atoms with van der Waals surface area (Å²) in [6, 6.07) is 9.28. The Bertz CT molecular complexity index is 500. The van der Waals surface area contributed by atoms with Crippen LogP contribution in [0.5, 0.6) is 0 Å². The summed E-state index contributed by atoms with van der Waals surface area (Å²) in [5, 5.41) is 0. The van der Waals surface area contributed by atoms with Gasteiger partial charge in [0.25, 0.3) is 10.1 Å². The molecule has 0 radical (unpaired) electrons. The summed E-state index contributed by atoms with van der Waals surface area (Å²) in [4.78, 5) is 12.8. The molecule has 1 aromatic carbocycles.